The van der Waals surface area contributed by atoms with Crippen molar-refractivity contribution < 1.29 is 9.21 Å². The molecule has 0 radical (unpaired) electrons. The Morgan fingerprint density at radius 2 is 2.20 bits per heavy atom. The second kappa shape index (κ2) is 6.01. The first-order chi connectivity index (χ1) is 7.24. The Labute approximate surface area is 88.3 Å². The number of carbonyl (C=O) groups excluding carboxylic acids is 1. The van der Waals surface area contributed by atoms with Crippen LogP contribution in [0.15, 0.2) is 27.6 Å². The van der Waals surface area contributed by atoms with Gasteiger partial charge in [0, 0.05) is 12.6 Å². The van der Waals surface area contributed by atoms with Gasteiger partial charge in [-0.05, 0) is 12.5 Å². The molecule has 1 aromatic rings. The van der Waals surface area contributed by atoms with Crippen molar-refractivity contribution in [3.8, 4) is 0 Å². The first kappa shape index (κ1) is 11.5. The Balaban J connectivity index is 2.40. The Morgan fingerprint density at radius 3 is 2.80 bits per heavy atom. The van der Waals surface area contributed by atoms with E-state index in [1.807, 2.05) is 0 Å². The Kier molecular flexibility index (Phi) is 4.60. The van der Waals surface area contributed by atoms with Crippen LogP contribution in [0.5, 0.6) is 0 Å². The van der Waals surface area contributed by atoms with Crippen molar-refractivity contribution in [3.63, 3.8) is 0 Å². The van der Waals surface area contributed by atoms with E-state index in [0.717, 1.165) is 19.3 Å². The molecule has 0 spiro atoms. The van der Waals surface area contributed by atoms with Crippen LogP contribution in [-0.4, -0.2) is 12.5 Å². The molecule has 0 aliphatic rings. The molecule has 0 bridgehead atoms. The minimum Gasteiger partial charge on any atom is -0.430 e. The summed E-state index contributed by atoms with van der Waals surface area (Å²) in [5.74, 6) is -0.199. The monoisotopic (exact) mass is 209 g/mol. The standard InChI is InChI=1S/C11H15NO3/c1-2-3-4-7-12-11(14)9-5-6-10(13)15-8-9/h5-6,8H,2-4,7H2,1H3,(H,12,14). The maximum atomic E-state index is 11.4. The van der Waals surface area contributed by atoms with Gasteiger partial charge >= 0.3 is 5.63 Å². The third kappa shape index (κ3) is 3.97. The molecule has 4 heteroatoms. The molecule has 0 fully saturated rings. The fraction of sp³-hybridized carbons (Fsp3) is 0.455. The molecular formula is C11H15NO3. The fourth-order valence-electron chi connectivity index (χ4n) is 1.17. The third-order valence-electron chi connectivity index (χ3n) is 2.03. The molecule has 0 saturated heterocycles. The minimum absolute atomic E-state index is 0.199. The number of nitrogens with one attached hydrogen (secondary N) is 1. The molecule has 1 rings (SSSR count). The first-order valence-electron chi connectivity index (χ1n) is 5.11. The highest BCUT2D eigenvalue weighted by Crippen LogP contribution is 1.96. The van der Waals surface area contributed by atoms with Crippen molar-refractivity contribution in [2.45, 2.75) is 26.2 Å². The van der Waals surface area contributed by atoms with Gasteiger partial charge in [-0.15, -0.1) is 0 Å². The summed E-state index contributed by atoms with van der Waals surface area (Å²) in [5, 5.41) is 2.75. The van der Waals surface area contributed by atoms with Crippen molar-refractivity contribution in [2.24, 2.45) is 0 Å². The van der Waals surface area contributed by atoms with Gasteiger partial charge in [-0.2, -0.15) is 0 Å². The van der Waals surface area contributed by atoms with Gasteiger partial charge in [0.2, 0.25) is 0 Å². The quantitative estimate of drug-likeness (QED) is 0.748. The lowest BCUT2D eigenvalue weighted by molar-refractivity contribution is 0.0950. The second-order valence-electron chi connectivity index (χ2n) is 3.31. The van der Waals surface area contributed by atoms with Crippen molar-refractivity contribution in [1.82, 2.24) is 5.32 Å². The number of unbranched alkanes of at least 4 members (excludes halogenated alkanes) is 2. The SMILES string of the molecule is CCCCCNC(=O)c1ccc(=O)oc1. The van der Waals surface area contributed by atoms with E-state index in [2.05, 4.69) is 16.7 Å². The number of carbonyl (C=O) groups is 1. The van der Waals surface area contributed by atoms with Gasteiger partial charge in [0.1, 0.15) is 6.26 Å². The molecule has 4 nitrogen and oxygen atoms in total. The van der Waals surface area contributed by atoms with E-state index in [4.69, 9.17) is 0 Å². The number of hydrogen-bond donors (Lipinski definition) is 1. The lowest BCUT2D eigenvalue weighted by atomic mass is 10.2. The summed E-state index contributed by atoms with van der Waals surface area (Å²) in [6.07, 6.45) is 4.37. The molecule has 0 atom stereocenters. The lowest BCUT2D eigenvalue weighted by Crippen LogP contribution is -2.24. The predicted molar refractivity (Wildman–Crippen MR) is 56.8 cm³/mol. The Morgan fingerprint density at radius 1 is 1.40 bits per heavy atom. The van der Waals surface area contributed by atoms with Gasteiger partial charge in [0.15, 0.2) is 0 Å². The van der Waals surface area contributed by atoms with Crippen LogP contribution in [0.2, 0.25) is 0 Å². The van der Waals surface area contributed by atoms with Crippen LogP contribution < -0.4 is 10.9 Å². The molecule has 1 N–H and O–H groups in total. The van der Waals surface area contributed by atoms with Crippen molar-refractivity contribution in [3.05, 3.63) is 34.4 Å². The highest BCUT2D eigenvalue weighted by Gasteiger charge is 2.04. The molecule has 0 aliphatic heterocycles. The first-order valence-corrected chi connectivity index (χ1v) is 5.11. The normalized spacial score (nSPS) is 9.93. The van der Waals surface area contributed by atoms with Crippen LogP contribution >= 0.6 is 0 Å². The van der Waals surface area contributed by atoms with E-state index >= 15 is 0 Å². The Hall–Kier alpha value is -1.58. The molecule has 0 unspecified atom stereocenters. The molecular weight excluding hydrogens is 194 g/mol. The van der Waals surface area contributed by atoms with Gasteiger partial charge < -0.3 is 9.73 Å². The van der Waals surface area contributed by atoms with Crippen LogP contribution in [0.4, 0.5) is 0 Å². The third-order valence-corrected chi connectivity index (χ3v) is 2.03. The van der Waals surface area contributed by atoms with Crippen molar-refractivity contribution in [2.75, 3.05) is 6.54 Å². The highest BCUT2D eigenvalue weighted by molar-refractivity contribution is 5.93. The van der Waals surface area contributed by atoms with Crippen molar-refractivity contribution in [1.29, 1.82) is 0 Å². The summed E-state index contributed by atoms with van der Waals surface area (Å²) in [7, 11) is 0. The Bertz CT molecular complexity index is 350. The highest BCUT2D eigenvalue weighted by atomic mass is 16.4. The van der Waals surface area contributed by atoms with Gasteiger partial charge in [-0.1, -0.05) is 19.8 Å². The zero-order valence-electron chi connectivity index (χ0n) is 8.79. The average molecular weight is 209 g/mol. The van der Waals surface area contributed by atoms with E-state index in [1.165, 1.54) is 18.4 Å². The van der Waals surface area contributed by atoms with Gasteiger partial charge in [0.25, 0.3) is 5.91 Å². The smallest absolute Gasteiger partial charge is 0.335 e. The van der Waals surface area contributed by atoms with Gasteiger partial charge in [0.05, 0.1) is 5.56 Å². The van der Waals surface area contributed by atoms with Gasteiger partial charge in [-0.25, -0.2) is 4.79 Å². The summed E-state index contributed by atoms with van der Waals surface area (Å²) < 4.78 is 4.59. The molecule has 0 aromatic carbocycles. The molecule has 82 valence electrons. The molecule has 0 aliphatic carbocycles. The van der Waals surface area contributed by atoms with Crippen LogP contribution in [0.3, 0.4) is 0 Å². The summed E-state index contributed by atoms with van der Waals surface area (Å²) >= 11 is 0. The molecule has 1 aromatic heterocycles. The average Bonchev–Trinajstić information content (AvgIpc) is 2.25. The van der Waals surface area contributed by atoms with E-state index in [0.29, 0.717) is 12.1 Å². The molecule has 0 saturated carbocycles. The maximum Gasteiger partial charge on any atom is 0.335 e. The fourth-order valence-corrected chi connectivity index (χ4v) is 1.17. The minimum atomic E-state index is -0.447. The topological polar surface area (TPSA) is 59.3 Å². The summed E-state index contributed by atoms with van der Waals surface area (Å²) in [6, 6.07) is 2.70. The largest absolute Gasteiger partial charge is 0.430 e. The maximum absolute atomic E-state index is 11.4. The van der Waals surface area contributed by atoms with Crippen LogP contribution in [0.1, 0.15) is 36.5 Å². The molecule has 15 heavy (non-hydrogen) atoms. The van der Waals surface area contributed by atoms with Gasteiger partial charge in [-0.3, -0.25) is 4.79 Å². The van der Waals surface area contributed by atoms with E-state index in [9.17, 15) is 9.59 Å². The van der Waals surface area contributed by atoms with Crippen molar-refractivity contribution >= 4 is 5.91 Å². The number of hydrogen-bond acceptors (Lipinski definition) is 3. The van der Waals surface area contributed by atoms with Crippen LogP contribution in [-0.2, 0) is 0 Å². The zero-order valence-corrected chi connectivity index (χ0v) is 8.79. The van der Waals surface area contributed by atoms with Crippen LogP contribution in [0.25, 0.3) is 0 Å². The lowest BCUT2D eigenvalue weighted by Gasteiger charge is -2.03. The van der Waals surface area contributed by atoms with E-state index < -0.39 is 5.63 Å². The molecule has 1 amide bonds. The van der Waals surface area contributed by atoms with Crippen LogP contribution in [0, 0.1) is 0 Å². The second-order valence-corrected chi connectivity index (χ2v) is 3.31. The number of amides is 1. The molecule has 1 heterocycles. The summed E-state index contributed by atoms with van der Waals surface area (Å²) in [6.45, 7) is 2.76. The summed E-state index contributed by atoms with van der Waals surface area (Å²) in [4.78, 5) is 22.1. The van der Waals surface area contributed by atoms with E-state index in [-0.39, 0.29) is 5.91 Å². The summed E-state index contributed by atoms with van der Waals surface area (Å²) in [5.41, 5.74) is -0.0661. The predicted octanol–water partition coefficient (Wildman–Crippen LogP) is 1.56. The zero-order chi connectivity index (χ0) is 11.1. The number of rotatable bonds is 5. The van der Waals surface area contributed by atoms with E-state index in [1.54, 1.807) is 0 Å².